The highest BCUT2D eigenvalue weighted by Gasteiger charge is 2.30. The maximum Gasteiger partial charge on any atom is 0.310 e. The molecule has 1 N–H and O–H groups in total. The molecule has 0 saturated carbocycles. The van der Waals surface area contributed by atoms with E-state index in [9.17, 15) is 14.3 Å². The molecule has 1 aliphatic rings. The fourth-order valence-corrected chi connectivity index (χ4v) is 3.44. The molecule has 0 fully saturated rings. The molecule has 1 atom stereocenters. The lowest BCUT2D eigenvalue weighted by Gasteiger charge is -2.15. The molecule has 0 spiro atoms. The normalized spacial score (nSPS) is 15.8. The lowest BCUT2D eigenvalue weighted by atomic mass is 10.1. The number of rotatable bonds is 4. The van der Waals surface area contributed by atoms with Crippen LogP contribution < -0.4 is 4.74 Å². The molecule has 0 aliphatic heterocycles. The van der Waals surface area contributed by atoms with E-state index in [2.05, 4.69) is 4.74 Å². The molecule has 2 aromatic carbocycles. The van der Waals surface area contributed by atoms with Crippen LogP contribution in [0.25, 0.3) is 11.0 Å². The molecule has 5 nitrogen and oxygen atoms in total. The van der Waals surface area contributed by atoms with Crippen LogP contribution in [0.5, 0.6) is 11.5 Å². The quantitative estimate of drug-likeness (QED) is 0.714. The summed E-state index contributed by atoms with van der Waals surface area (Å²) < 4.78 is 30.3. The van der Waals surface area contributed by atoms with E-state index >= 15 is 0 Å². The number of benzene rings is 2. The fourth-order valence-electron chi connectivity index (χ4n) is 3.44. The van der Waals surface area contributed by atoms with Crippen LogP contribution in [0, 0.1) is 5.82 Å². The third kappa shape index (κ3) is 2.77. The van der Waals surface area contributed by atoms with Crippen molar-refractivity contribution in [2.75, 3.05) is 7.11 Å². The maximum atomic E-state index is 14.2. The van der Waals surface area contributed by atoms with Gasteiger partial charge in [0.2, 0.25) is 0 Å². The standard InChI is InChI=1S/C20H17FO5/c1-24-19(23)8-11-10-25-18-9-12(2-3-13(11)18)26-17-7-4-14-16(22)6-5-15(21)20(14)17/h2-3,5-6,9-10,17,22H,4,7-8H2,1H3/t17-/m1/s1. The van der Waals surface area contributed by atoms with Crippen molar-refractivity contribution in [3.8, 4) is 11.5 Å². The van der Waals surface area contributed by atoms with Crippen molar-refractivity contribution < 1.29 is 28.2 Å². The first-order valence-electron chi connectivity index (χ1n) is 8.30. The van der Waals surface area contributed by atoms with E-state index in [4.69, 9.17) is 9.15 Å². The average molecular weight is 356 g/mol. The Morgan fingerprint density at radius 2 is 2.19 bits per heavy atom. The van der Waals surface area contributed by atoms with Crippen LogP contribution in [0.3, 0.4) is 0 Å². The Kier molecular flexibility index (Phi) is 4.03. The molecule has 0 unspecified atom stereocenters. The fraction of sp³-hybridized carbons (Fsp3) is 0.250. The molecule has 0 radical (unpaired) electrons. The van der Waals surface area contributed by atoms with Crippen molar-refractivity contribution in [1.29, 1.82) is 0 Å². The Morgan fingerprint density at radius 1 is 1.35 bits per heavy atom. The van der Waals surface area contributed by atoms with Crippen molar-refractivity contribution in [2.24, 2.45) is 0 Å². The number of phenolic OH excluding ortho intramolecular Hbond substituents is 1. The van der Waals surface area contributed by atoms with Crippen molar-refractivity contribution in [2.45, 2.75) is 25.4 Å². The predicted octanol–water partition coefficient (Wildman–Crippen LogP) is 4.06. The number of aromatic hydroxyl groups is 1. The molecule has 134 valence electrons. The van der Waals surface area contributed by atoms with Gasteiger partial charge in [0, 0.05) is 28.1 Å². The summed E-state index contributed by atoms with van der Waals surface area (Å²) in [5.41, 5.74) is 2.34. The zero-order valence-corrected chi connectivity index (χ0v) is 14.1. The zero-order valence-electron chi connectivity index (χ0n) is 14.1. The third-order valence-electron chi connectivity index (χ3n) is 4.73. The highest BCUT2D eigenvalue weighted by atomic mass is 19.1. The Labute approximate surface area is 148 Å². The molecule has 0 bridgehead atoms. The number of furan rings is 1. The van der Waals surface area contributed by atoms with Gasteiger partial charge in [0.05, 0.1) is 19.8 Å². The van der Waals surface area contributed by atoms with Crippen LogP contribution in [0.2, 0.25) is 0 Å². The van der Waals surface area contributed by atoms with Crippen molar-refractivity contribution in [3.63, 3.8) is 0 Å². The highest BCUT2D eigenvalue weighted by molar-refractivity contribution is 5.86. The number of methoxy groups -OCH3 is 1. The summed E-state index contributed by atoms with van der Waals surface area (Å²) >= 11 is 0. The first-order valence-corrected chi connectivity index (χ1v) is 8.30. The highest BCUT2D eigenvalue weighted by Crippen LogP contribution is 2.41. The Hall–Kier alpha value is -3.02. The van der Waals surface area contributed by atoms with Gasteiger partial charge in [0.15, 0.2) is 0 Å². The lowest BCUT2D eigenvalue weighted by molar-refractivity contribution is -0.139. The van der Waals surface area contributed by atoms with E-state index in [0.717, 1.165) is 10.9 Å². The predicted molar refractivity (Wildman–Crippen MR) is 91.7 cm³/mol. The van der Waals surface area contributed by atoms with Crippen LogP contribution in [-0.2, 0) is 22.4 Å². The lowest BCUT2D eigenvalue weighted by Crippen LogP contribution is -2.05. The summed E-state index contributed by atoms with van der Waals surface area (Å²) in [5, 5.41) is 10.7. The number of carbonyl (C=O) groups is 1. The first-order chi connectivity index (χ1) is 12.6. The number of ether oxygens (including phenoxy) is 2. The number of phenols is 1. The number of hydrogen-bond acceptors (Lipinski definition) is 5. The molecule has 26 heavy (non-hydrogen) atoms. The number of halogens is 1. The maximum absolute atomic E-state index is 14.2. The monoisotopic (exact) mass is 356 g/mol. The SMILES string of the molecule is COC(=O)Cc1coc2cc(O[C@@H]3CCc4c(O)ccc(F)c43)ccc12. The van der Waals surface area contributed by atoms with Gasteiger partial charge in [-0.3, -0.25) is 4.79 Å². The minimum absolute atomic E-state index is 0.0986. The second-order valence-electron chi connectivity index (χ2n) is 6.28. The van der Waals surface area contributed by atoms with Crippen molar-refractivity contribution in [3.05, 3.63) is 59.1 Å². The number of esters is 1. The van der Waals surface area contributed by atoms with E-state index in [0.29, 0.717) is 35.3 Å². The second-order valence-corrected chi connectivity index (χ2v) is 6.28. The first kappa shape index (κ1) is 16.4. The molecular formula is C20H17FO5. The average Bonchev–Trinajstić information content (AvgIpc) is 3.23. The molecular weight excluding hydrogens is 339 g/mol. The molecule has 1 heterocycles. The van der Waals surface area contributed by atoms with Gasteiger partial charge >= 0.3 is 5.97 Å². The smallest absolute Gasteiger partial charge is 0.310 e. The van der Waals surface area contributed by atoms with Gasteiger partial charge in [-0.05, 0) is 37.1 Å². The van der Waals surface area contributed by atoms with Crippen LogP contribution in [0.4, 0.5) is 4.39 Å². The second kappa shape index (κ2) is 6.37. The van der Waals surface area contributed by atoms with Gasteiger partial charge in [-0.2, -0.15) is 0 Å². The van der Waals surface area contributed by atoms with Gasteiger partial charge < -0.3 is 19.0 Å². The summed E-state index contributed by atoms with van der Waals surface area (Å²) in [5.74, 6) is -0.0795. The minimum Gasteiger partial charge on any atom is -0.508 e. The van der Waals surface area contributed by atoms with Gasteiger partial charge in [0.25, 0.3) is 0 Å². The van der Waals surface area contributed by atoms with E-state index in [1.807, 2.05) is 0 Å². The van der Waals surface area contributed by atoms with Crippen LogP contribution in [0.1, 0.15) is 29.2 Å². The van der Waals surface area contributed by atoms with Gasteiger partial charge in [-0.25, -0.2) is 4.39 Å². The van der Waals surface area contributed by atoms with Crippen LogP contribution in [0.15, 0.2) is 41.0 Å². The Bertz CT molecular complexity index is 991. The minimum atomic E-state index is -0.459. The van der Waals surface area contributed by atoms with E-state index < -0.39 is 6.10 Å². The van der Waals surface area contributed by atoms with Crippen LogP contribution in [-0.4, -0.2) is 18.2 Å². The summed E-state index contributed by atoms with van der Waals surface area (Å²) in [6, 6.07) is 7.91. The molecule has 0 amide bonds. The summed E-state index contributed by atoms with van der Waals surface area (Å²) in [7, 11) is 1.34. The number of carbonyl (C=O) groups excluding carboxylic acids is 1. The van der Waals surface area contributed by atoms with E-state index in [1.165, 1.54) is 25.5 Å². The largest absolute Gasteiger partial charge is 0.508 e. The zero-order chi connectivity index (χ0) is 18.3. The summed E-state index contributed by atoms with van der Waals surface area (Å²) in [6.07, 6.45) is 2.35. The molecule has 4 rings (SSSR count). The van der Waals surface area contributed by atoms with E-state index in [1.54, 1.807) is 18.2 Å². The van der Waals surface area contributed by atoms with Gasteiger partial charge in [-0.15, -0.1) is 0 Å². The van der Waals surface area contributed by atoms with Crippen molar-refractivity contribution in [1.82, 2.24) is 0 Å². The third-order valence-corrected chi connectivity index (χ3v) is 4.73. The van der Waals surface area contributed by atoms with Gasteiger partial charge in [-0.1, -0.05) is 0 Å². The molecule has 1 aromatic heterocycles. The Balaban J connectivity index is 1.60. The topological polar surface area (TPSA) is 68.9 Å². The van der Waals surface area contributed by atoms with Crippen LogP contribution >= 0.6 is 0 Å². The summed E-state index contributed by atoms with van der Waals surface area (Å²) in [4.78, 5) is 11.5. The van der Waals surface area contributed by atoms with Crippen molar-refractivity contribution >= 4 is 16.9 Å². The van der Waals surface area contributed by atoms with E-state index in [-0.39, 0.29) is 24.0 Å². The molecule has 6 heteroatoms. The number of hydrogen-bond donors (Lipinski definition) is 1. The molecule has 0 saturated heterocycles. The van der Waals surface area contributed by atoms with Gasteiger partial charge in [0.1, 0.15) is 29.0 Å². The number of fused-ring (bicyclic) bond motifs is 2. The molecule has 3 aromatic rings. The molecule has 1 aliphatic carbocycles. The Morgan fingerprint density at radius 3 is 3.00 bits per heavy atom. The summed E-state index contributed by atoms with van der Waals surface area (Å²) in [6.45, 7) is 0.